The van der Waals surface area contributed by atoms with Crippen molar-refractivity contribution in [2.45, 2.75) is 20.8 Å². The predicted molar refractivity (Wildman–Crippen MR) is 83.4 cm³/mol. The second kappa shape index (κ2) is 5.32. The third-order valence-electron chi connectivity index (χ3n) is 3.18. The van der Waals surface area contributed by atoms with Crippen LogP contribution in [0.15, 0.2) is 22.8 Å². The first kappa shape index (κ1) is 14.9. The van der Waals surface area contributed by atoms with Gasteiger partial charge in [-0.15, -0.1) is 0 Å². The van der Waals surface area contributed by atoms with Crippen LogP contribution in [0, 0.1) is 5.41 Å². The summed E-state index contributed by atoms with van der Waals surface area (Å²) in [6.45, 7) is 6.74. The van der Waals surface area contributed by atoms with Crippen molar-refractivity contribution in [2.75, 3.05) is 13.2 Å². The van der Waals surface area contributed by atoms with Crippen LogP contribution < -0.4 is 9.47 Å². The molecular formula is C16H16ClNO4. The molecule has 5 nitrogen and oxygen atoms in total. The van der Waals surface area contributed by atoms with E-state index in [1.54, 1.807) is 18.2 Å². The molecule has 0 aromatic heterocycles. The van der Waals surface area contributed by atoms with E-state index in [-0.39, 0.29) is 11.1 Å². The zero-order valence-corrected chi connectivity index (χ0v) is 13.4. The van der Waals surface area contributed by atoms with E-state index in [1.807, 2.05) is 20.8 Å². The van der Waals surface area contributed by atoms with Gasteiger partial charge in [0.05, 0.1) is 5.02 Å². The lowest BCUT2D eigenvalue weighted by molar-refractivity contribution is -0.130. The molecule has 1 aromatic carbocycles. The SMILES string of the molecule is CC(C)(C)C1=N/C(=C/c2cc(Cl)c3c(c2)OCCO3)C(=O)O1. The van der Waals surface area contributed by atoms with Crippen LogP contribution in [-0.2, 0) is 9.53 Å². The molecule has 0 aliphatic carbocycles. The Morgan fingerprint density at radius 2 is 1.95 bits per heavy atom. The Kier molecular flexibility index (Phi) is 3.60. The number of esters is 1. The summed E-state index contributed by atoms with van der Waals surface area (Å²) < 4.78 is 16.2. The largest absolute Gasteiger partial charge is 0.486 e. The van der Waals surface area contributed by atoms with Crippen LogP contribution in [0.5, 0.6) is 11.5 Å². The van der Waals surface area contributed by atoms with Crippen molar-refractivity contribution >= 4 is 29.5 Å². The molecule has 0 unspecified atom stereocenters. The van der Waals surface area contributed by atoms with Crippen LogP contribution in [0.4, 0.5) is 0 Å². The molecule has 3 rings (SSSR count). The van der Waals surface area contributed by atoms with Gasteiger partial charge in [-0.25, -0.2) is 9.79 Å². The summed E-state index contributed by atoms with van der Waals surface area (Å²) in [4.78, 5) is 16.2. The van der Waals surface area contributed by atoms with Gasteiger partial charge < -0.3 is 14.2 Å². The van der Waals surface area contributed by atoms with E-state index in [0.717, 1.165) is 0 Å². The molecule has 0 bridgehead atoms. The zero-order chi connectivity index (χ0) is 15.9. The van der Waals surface area contributed by atoms with Crippen LogP contribution >= 0.6 is 11.6 Å². The number of hydrogen-bond donors (Lipinski definition) is 0. The Hall–Kier alpha value is -2.01. The normalized spacial score (nSPS) is 19.2. The average Bonchev–Trinajstić information content (AvgIpc) is 2.80. The van der Waals surface area contributed by atoms with E-state index in [1.165, 1.54) is 0 Å². The lowest BCUT2D eigenvalue weighted by Gasteiger charge is -2.19. The Balaban J connectivity index is 1.97. The Morgan fingerprint density at radius 3 is 2.64 bits per heavy atom. The number of halogens is 1. The summed E-state index contributed by atoms with van der Waals surface area (Å²) in [5, 5.41) is 0.440. The summed E-state index contributed by atoms with van der Waals surface area (Å²) in [5.41, 5.74) is 0.633. The maximum atomic E-state index is 11.9. The summed E-state index contributed by atoms with van der Waals surface area (Å²) in [6.07, 6.45) is 1.63. The second-order valence-electron chi connectivity index (χ2n) is 6.11. The number of hydrogen-bond acceptors (Lipinski definition) is 5. The number of fused-ring (bicyclic) bond motifs is 1. The minimum atomic E-state index is -0.462. The molecule has 22 heavy (non-hydrogen) atoms. The Morgan fingerprint density at radius 1 is 1.23 bits per heavy atom. The van der Waals surface area contributed by atoms with Gasteiger partial charge in [-0.2, -0.15) is 0 Å². The fourth-order valence-corrected chi connectivity index (χ4v) is 2.38. The van der Waals surface area contributed by atoms with E-state index < -0.39 is 5.97 Å². The summed E-state index contributed by atoms with van der Waals surface area (Å²) in [5.74, 6) is 1.04. The molecule has 2 heterocycles. The average molecular weight is 322 g/mol. The first-order chi connectivity index (χ1) is 10.3. The van der Waals surface area contributed by atoms with Crippen LogP contribution in [0.1, 0.15) is 26.3 Å². The molecule has 0 radical (unpaired) electrons. The van der Waals surface area contributed by atoms with Gasteiger partial charge in [0.15, 0.2) is 17.2 Å². The topological polar surface area (TPSA) is 57.1 Å². The predicted octanol–water partition coefficient (Wildman–Crippen LogP) is 3.45. The van der Waals surface area contributed by atoms with E-state index in [0.29, 0.717) is 41.2 Å². The molecule has 6 heteroatoms. The van der Waals surface area contributed by atoms with Crippen LogP contribution in [0.2, 0.25) is 5.02 Å². The molecule has 0 fully saturated rings. The van der Waals surface area contributed by atoms with Crippen molar-refractivity contribution < 1.29 is 19.0 Å². The third-order valence-corrected chi connectivity index (χ3v) is 3.47. The number of aliphatic imine (C=N–C) groups is 1. The fourth-order valence-electron chi connectivity index (χ4n) is 2.10. The first-order valence-electron chi connectivity index (χ1n) is 6.97. The number of nitrogens with zero attached hydrogens (tertiary/aromatic N) is 1. The van der Waals surface area contributed by atoms with Crippen molar-refractivity contribution in [3.05, 3.63) is 28.4 Å². The number of rotatable bonds is 1. The highest BCUT2D eigenvalue weighted by atomic mass is 35.5. The Labute approximate surface area is 133 Å². The number of ether oxygens (including phenoxy) is 3. The molecule has 0 N–H and O–H groups in total. The van der Waals surface area contributed by atoms with Gasteiger partial charge in [-0.1, -0.05) is 32.4 Å². The summed E-state index contributed by atoms with van der Waals surface area (Å²) in [7, 11) is 0. The minimum absolute atomic E-state index is 0.248. The van der Waals surface area contributed by atoms with Crippen molar-refractivity contribution in [3.63, 3.8) is 0 Å². The second-order valence-corrected chi connectivity index (χ2v) is 6.52. The van der Waals surface area contributed by atoms with Gasteiger partial charge in [-0.3, -0.25) is 0 Å². The number of carbonyl (C=O) groups is 1. The smallest absolute Gasteiger partial charge is 0.363 e. The van der Waals surface area contributed by atoms with Gasteiger partial charge in [0.25, 0.3) is 0 Å². The molecule has 0 atom stereocenters. The first-order valence-corrected chi connectivity index (χ1v) is 7.34. The highest BCUT2D eigenvalue weighted by Crippen LogP contribution is 2.39. The highest BCUT2D eigenvalue weighted by molar-refractivity contribution is 6.32. The van der Waals surface area contributed by atoms with Gasteiger partial charge in [-0.05, 0) is 23.8 Å². The molecule has 116 valence electrons. The van der Waals surface area contributed by atoms with Gasteiger partial charge >= 0.3 is 5.97 Å². The minimum Gasteiger partial charge on any atom is -0.486 e. The van der Waals surface area contributed by atoms with E-state index in [9.17, 15) is 4.79 Å². The molecule has 2 aliphatic heterocycles. The van der Waals surface area contributed by atoms with Crippen molar-refractivity contribution in [2.24, 2.45) is 10.4 Å². The van der Waals surface area contributed by atoms with E-state index in [4.69, 9.17) is 25.8 Å². The monoisotopic (exact) mass is 321 g/mol. The van der Waals surface area contributed by atoms with E-state index in [2.05, 4.69) is 4.99 Å². The van der Waals surface area contributed by atoms with E-state index >= 15 is 0 Å². The van der Waals surface area contributed by atoms with Crippen LogP contribution in [0.25, 0.3) is 6.08 Å². The molecule has 0 amide bonds. The molecule has 0 spiro atoms. The Bertz CT molecular complexity index is 701. The molecule has 0 saturated carbocycles. The van der Waals surface area contributed by atoms with Crippen molar-refractivity contribution in [3.8, 4) is 11.5 Å². The summed E-state index contributed by atoms with van der Waals surface area (Å²) >= 11 is 6.18. The highest BCUT2D eigenvalue weighted by Gasteiger charge is 2.31. The number of cyclic esters (lactones) is 1. The molecule has 0 saturated heterocycles. The summed E-state index contributed by atoms with van der Waals surface area (Å²) in [6, 6.07) is 3.48. The lowest BCUT2D eigenvalue weighted by Crippen LogP contribution is -2.21. The maximum Gasteiger partial charge on any atom is 0.363 e. The van der Waals surface area contributed by atoms with Crippen molar-refractivity contribution in [1.82, 2.24) is 0 Å². The molecule has 2 aliphatic rings. The van der Waals surface area contributed by atoms with Crippen LogP contribution in [0.3, 0.4) is 0 Å². The quantitative estimate of drug-likeness (QED) is 0.587. The number of carbonyl (C=O) groups excluding carboxylic acids is 1. The van der Waals surface area contributed by atoms with Crippen LogP contribution in [-0.4, -0.2) is 25.1 Å². The zero-order valence-electron chi connectivity index (χ0n) is 12.6. The molecule has 1 aromatic rings. The standard InChI is InChI=1S/C16H16ClNO4/c1-16(2,3)15-18-11(14(19)22-15)7-9-6-10(17)13-12(8-9)20-4-5-21-13/h6-8H,4-5H2,1-3H3/b11-7+. The van der Waals surface area contributed by atoms with Gasteiger partial charge in [0.1, 0.15) is 13.2 Å². The molecular weight excluding hydrogens is 306 g/mol. The fraction of sp³-hybridized carbons (Fsp3) is 0.375. The third kappa shape index (κ3) is 2.81. The van der Waals surface area contributed by atoms with Gasteiger partial charge in [0.2, 0.25) is 5.90 Å². The lowest BCUT2D eigenvalue weighted by atomic mass is 9.97. The number of benzene rings is 1. The van der Waals surface area contributed by atoms with Gasteiger partial charge in [0, 0.05) is 5.41 Å². The maximum absolute atomic E-state index is 11.9. The van der Waals surface area contributed by atoms with Crippen molar-refractivity contribution in [1.29, 1.82) is 0 Å².